The Labute approximate surface area is 252 Å². The summed E-state index contributed by atoms with van der Waals surface area (Å²) in [5.74, 6) is 1.69. The topological polar surface area (TPSA) is 86.7 Å². The van der Waals surface area contributed by atoms with Gasteiger partial charge in [-0.25, -0.2) is 4.98 Å². The molecule has 7 heteroatoms. The lowest BCUT2D eigenvalue weighted by atomic mass is 9.85. The van der Waals surface area contributed by atoms with Crippen molar-refractivity contribution in [2.24, 2.45) is 0 Å². The number of hydrogen-bond donors (Lipinski definition) is 0. The van der Waals surface area contributed by atoms with Crippen LogP contribution in [-0.2, 0) is 25.7 Å². The van der Waals surface area contributed by atoms with E-state index in [9.17, 15) is 10.1 Å². The van der Waals surface area contributed by atoms with Crippen LogP contribution in [0.4, 0.5) is 5.69 Å². The van der Waals surface area contributed by atoms with Gasteiger partial charge in [-0.15, -0.1) is 0 Å². The van der Waals surface area contributed by atoms with Crippen LogP contribution in [-0.4, -0.2) is 24.4 Å². The first-order valence-corrected chi connectivity index (χ1v) is 14.9. The molecule has 7 aromatic rings. The third-order valence-corrected chi connectivity index (χ3v) is 9.13. The zero-order chi connectivity index (χ0) is 29.4. The highest BCUT2D eigenvalue weighted by Crippen LogP contribution is 2.41. The lowest BCUT2D eigenvalue weighted by Crippen LogP contribution is -2.10. The van der Waals surface area contributed by atoms with Crippen molar-refractivity contribution in [2.75, 3.05) is 0 Å². The van der Waals surface area contributed by atoms with E-state index in [1.54, 1.807) is 6.07 Å². The molecule has 0 atom stereocenters. The van der Waals surface area contributed by atoms with E-state index in [-0.39, 0.29) is 10.6 Å². The summed E-state index contributed by atoms with van der Waals surface area (Å²) in [6, 6.07) is 34.4. The highest BCUT2D eigenvalue weighted by atomic mass is 16.6. The maximum Gasteiger partial charge on any atom is 0.277 e. The van der Waals surface area contributed by atoms with Crippen molar-refractivity contribution < 1.29 is 4.92 Å². The molecule has 0 aliphatic heterocycles. The number of aryl methyl sites for hydroxylation is 4. The highest BCUT2D eigenvalue weighted by Gasteiger charge is 2.26. The van der Waals surface area contributed by atoms with Gasteiger partial charge in [-0.3, -0.25) is 14.7 Å². The minimum absolute atomic E-state index is 0.144. The van der Waals surface area contributed by atoms with Gasteiger partial charge in [0.05, 0.1) is 21.5 Å². The summed E-state index contributed by atoms with van der Waals surface area (Å²) in [5.41, 5.74) is 10.3. The Hall–Kier alpha value is -5.69. The Bertz CT molecular complexity index is 2250. The molecule has 0 saturated heterocycles. The van der Waals surface area contributed by atoms with Crippen LogP contribution < -0.4 is 0 Å². The molecule has 2 aliphatic rings. The number of aromatic nitrogens is 4. The zero-order valence-electron chi connectivity index (χ0n) is 23.7. The Morgan fingerprint density at radius 2 is 1.14 bits per heavy atom. The number of nitro groups is 1. The monoisotopic (exact) mass is 571 g/mol. The van der Waals surface area contributed by atoms with E-state index in [1.807, 2.05) is 72.8 Å². The van der Waals surface area contributed by atoms with Crippen molar-refractivity contribution in [3.05, 3.63) is 135 Å². The minimum atomic E-state index is -0.265. The summed E-state index contributed by atoms with van der Waals surface area (Å²) >= 11 is 0. The van der Waals surface area contributed by atoms with Gasteiger partial charge in [0.1, 0.15) is 0 Å². The minimum Gasteiger partial charge on any atom is -0.278 e. The maximum absolute atomic E-state index is 12.2. The van der Waals surface area contributed by atoms with Crippen molar-refractivity contribution in [2.45, 2.75) is 25.7 Å². The molecule has 0 fully saturated rings. The van der Waals surface area contributed by atoms with Crippen LogP contribution in [0.5, 0.6) is 0 Å². The fraction of sp³-hybridized carbons (Fsp3) is 0.108. The number of hydrogen-bond acceptors (Lipinski definition) is 5. The van der Waals surface area contributed by atoms with E-state index >= 15 is 0 Å². The average molecular weight is 572 g/mol. The van der Waals surface area contributed by atoms with Crippen LogP contribution in [0.25, 0.3) is 61.7 Å². The lowest BCUT2D eigenvalue weighted by Gasteiger charge is -2.19. The molecule has 0 amide bonds. The third kappa shape index (κ3) is 3.79. The summed E-state index contributed by atoms with van der Waals surface area (Å²) < 4.78 is 2.11. The second-order valence-electron chi connectivity index (χ2n) is 11.6. The van der Waals surface area contributed by atoms with E-state index in [4.69, 9.17) is 15.0 Å². The molecule has 0 N–H and O–H groups in total. The predicted molar refractivity (Wildman–Crippen MR) is 172 cm³/mol. The molecule has 0 unspecified atom stereocenters. The lowest BCUT2D eigenvalue weighted by molar-refractivity contribution is -0.384. The number of rotatable bonds is 5. The number of nitrogens with zero attached hydrogens (tertiary/aromatic N) is 5. The predicted octanol–water partition coefficient (Wildman–Crippen LogP) is 8.08. The van der Waals surface area contributed by atoms with Gasteiger partial charge in [-0.1, -0.05) is 72.8 Å². The summed E-state index contributed by atoms with van der Waals surface area (Å²) in [7, 11) is 0. The van der Waals surface area contributed by atoms with Crippen LogP contribution in [0.2, 0.25) is 0 Å². The Morgan fingerprint density at radius 1 is 0.568 bits per heavy atom. The van der Waals surface area contributed by atoms with Crippen LogP contribution in [0.15, 0.2) is 103 Å². The zero-order valence-corrected chi connectivity index (χ0v) is 23.7. The molecule has 2 aromatic heterocycles. The Kier molecular flexibility index (Phi) is 5.32. The average Bonchev–Trinajstić information content (AvgIpc) is 3.35. The number of benzene rings is 5. The molecule has 44 heavy (non-hydrogen) atoms. The van der Waals surface area contributed by atoms with Crippen molar-refractivity contribution in [3.8, 4) is 39.9 Å². The van der Waals surface area contributed by atoms with Gasteiger partial charge in [0, 0.05) is 28.0 Å². The molecule has 2 aliphatic carbocycles. The molecule has 0 radical (unpaired) electrons. The molecule has 0 saturated carbocycles. The fourth-order valence-electron chi connectivity index (χ4n) is 6.61. The Morgan fingerprint density at radius 3 is 1.75 bits per heavy atom. The van der Waals surface area contributed by atoms with Gasteiger partial charge in [0.15, 0.2) is 11.6 Å². The van der Waals surface area contributed by atoms with Crippen LogP contribution in [0.1, 0.15) is 22.3 Å². The SMILES string of the molecule is O=[N+]([O-])c1cc2c(cc1-c1ccc3c4cc5c(cc4n(-c4nc(-c6ccccc6)nc(-c6ccccc6)n4)c3c1)CC5)CC2. The van der Waals surface area contributed by atoms with Crippen LogP contribution in [0.3, 0.4) is 0 Å². The summed E-state index contributed by atoms with van der Waals surface area (Å²) in [6.45, 7) is 0. The first-order chi connectivity index (χ1) is 21.6. The summed E-state index contributed by atoms with van der Waals surface area (Å²) in [4.78, 5) is 26.9. The summed E-state index contributed by atoms with van der Waals surface area (Å²) in [6.07, 6.45) is 3.95. The Balaban J connectivity index is 1.35. The van der Waals surface area contributed by atoms with Crippen LogP contribution in [0, 0.1) is 10.1 Å². The summed E-state index contributed by atoms with van der Waals surface area (Å²) in [5, 5.41) is 14.4. The van der Waals surface area contributed by atoms with Crippen LogP contribution >= 0.6 is 0 Å². The maximum atomic E-state index is 12.2. The third-order valence-electron chi connectivity index (χ3n) is 9.13. The molecule has 0 bridgehead atoms. The van der Waals surface area contributed by atoms with Gasteiger partial charge in [-0.05, 0) is 77.8 Å². The van der Waals surface area contributed by atoms with Crippen molar-refractivity contribution in [1.29, 1.82) is 0 Å². The van der Waals surface area contributed by atoms with E-state index in [0.717, 1.165) is 69.7 Å². The van der Waals surface area contributed by atoms with Crippen molar-refractivity contribution >= 4 is 27.5 Å². The van der Waals surface area contributed by atoms with E-state index in [2.05, 4.69) is 28.8 Å². The fourth-order valence-corrected chi connectivity index (χ4v) is 6.61. The highest BCUT2D eigenvalue weighted by molar-refractivity contribution is 6.10. The molecular formula is C37H25N5O2. The number of nitro benzene ring substituents is 1. The molecule has 9 rings (SSSR count). The second kappa shape index (κ2) is 9.41. The molecular weight excluding hydrogens is 546 g/mol. The molecule has 210 valence electrons. The molecule has 0 spiro atoms. The van der Waals surface area contributed by atoms with Crippen molar-refractivity contribution in [1.82, 2.24) is 19.5 Å². The smallest absolute Gasteiger partial charge is 0.277 e. The van der Waals surface area contributed by atoms with Crippen molar-refractivity contribution in [3.63, 3.8) is 0 Å². The van der Waals surface area contributed by atoms with E-state index in [0.29, 0.717) is 23.2 Å². The molecule has 2 heterocycles. The van der Waals surface area contributed by atoms with E-state index in [1.165, 1.54) is 16.7 Å². The quantitative estimate of drug-likeness (QED) is 0.154. The van der Waals surface area contributed by atoms with Gasteiger partial charge in [0.25, 0.3) is 5.69 Å². The van der Waals surface area contributed by atoms with E-state index < -0.39 is 0 Å². The first kappa shape index (κ1) is 24.9. The largest absolute Gasteiger partial charge is 0.278 e. The van der Waals surface area contributed by atoms with Gasteiger partial charge in [0.2, 0.25) is 5.95 Å². The molecule has 5 aromatic carbocycles. The molecule has 7 nitrogen and oxygen atoms in total. The normalized spacial score (nSPS) is 13.3. The van der Waals surface area contributed by atoms with Gasteiger partial charge in [-0.2, -0.15) is 9.97 Å². The second-order valence-corrected chi connectivity index (χ2v) is 11.6. The first-order valence-electron chi connectivity index (χ1n) is 14.9. The van der Waals surface area contributed by atoms with Gasteiger partial charge < -0.3 is 0 Å². The standard InChI is InChI=1S/C37H25N5O2/c43-42(44)34-20-27-14-11-24(27)17-30(34)28-15-16-29-31-18-25-12-13-26(25)19-33(31)41(32(29)21-28)37-39-35(22-7-3-1-4-8-22)38-36(40-37)23-9-5-2-6-10-23/h1-10,15-21H,11-14H2. The number of fused-ring (bicyclic) bond motifs is 5. The van der Waals surface area contributed by atoms with Gasteiger partial charge >= 0.3 is 0 Å².